The Morgan fingerprint density at radius 3 is 2.83 bits per heavy atom. The number of fused-ring (bicyclic) bond motifs is 2. The fourth-order valence-electron chi connectivity index (χ4n) is 4.06. The molecule has 3 atom stereocenters. The van der Waals surface area contributed by atoms with Crippen LogP contribution in [0.5, 0.6) is 0 Å². The van der Waals surface area contributed by atoms with Crippen LogP contribution in [0.25, 0.3) is 10.8 Å². The van der Waals surface area contributed by atoms with Crippen molar-refractivity contribution in [2.75, 3.05) is 0 Å². The molecule has 0 radical (unpaired) electrons. The molecule has 2 fully saturated rings. The zero-order chi connectivity index (χ0) is 12.1. The van der Waals surface area contributed by atoms with Gasteiger partial charge in [-0.25, -0.2) is 0 Å². The average molecular weight is 238 g/mol. The molecule has 92 valence electrons. The van der Waals surface area contributed by atoms with E-state index in [4.69, 9.17) is 5.73 Å². The Kier molecular flexibility index (Phi) is 2.21. The minimum absolute atomic E-state index is 0.214. The van der Waals surface area contributed by atoms with Gasteiger partial charge in [-0.2, -0.15) is 0 Å². The third-order valence-corrected chi connectivity index (χ3v) is 4.96. The lowest BCUT2D eigenvalue weighted by atomic mass is 9.94. The standard InChI is InChI=1S/C16H18N2/c17-16(15-12-4-2-5-13(12)15)14-6-1-3-10-9-18-8-7-11(10)14/h1,3,6-9,12-13,15-16H,2,4-5,17H2. The normalized spacial score (nSPS) is 31.3. The van der Waals surface area contributed by atoms with Crippen LogP contribution in [0.3, 0.4) is 0 Å². The fourth-order valence-corrected chi connectivity index (χ4v) is 4.06. The lowest BCUT2D eigenvalue weighted by Crippen LogP contribution is -2.15. The number of nitrogens with two attached hydrogens (primary N) is 1. The molecule has 0 aliphatic heterocycles. The summed E-state index contributed by atoms with van der Waals surface area (Å²) in [5.41, 5.74) is 7.85. The zero-order valence-corrected chi connectivity index (χ0v) is 10.4. The zero-order valence-electron chi connectivity index (χ0n) is 10.4. The van der Waals surface area contributed by atoms with Gasteiger partial charge in [0.05, 0.1) is 0 Å². The van der Waals surface area contributed by atoms with Gasteiger partial charge >= 0.3 is 0 Å². The molecule has 1 aromatic heterocycles. The van der Waals surface area contributed by atoms with E-state index in [0.29, 0.717) is 0 Å². The summed E-state index contributed by atoms with van der Waals surface area (Å²) < 4.78 is 0. The van der Waals surface area contributed by atoms with E-state index in [1.807, 2.05) is 12.4 Å². The summed E-state index contributed by atoms with van der Waals surface area (Å²) in [6.45, 7) is 0. The maximum atomic E-state index is 6.54. The highest BCUT2D eigenvalue weighted by atomic mass is 14.7. The van der Waals surface area contributed by atoms with Crippen LogP contribution < -0.4 is 5.73 Å². The van der Waals surface area contributed by atoms with Crippen LogP contribution in [0.4, 0.5) is 0 Å². The van der Waals surface area contributed by atoms with Crippen LogP contribution in [0, 0.1) is 17.8 Å². The summed E-state index contributed by atoms with van der Waals surface area (Å²) in [4.78, 5) is 4.19. The van der Waals surface area contributed by atoms with Gasteiger partial charge in [-0.15, -0.1) is 0 Å². The summed E-state index contributed by atoms with van der Waals surface area (Å²) >= 11 is 0. The molecule has 0 amide bonds. The number of nitrogens with zero attached hydrogens (tertiary/aromatic N) is 1. The van der Waals surface area contributed by atoms with Crippen molar-refractivity contribution in [1.82, 2.24) is 4.98 Å². The van der Waals surface area contributed by atoms with Gasteiger partial charge in [0.25, 0.3) is 0 Å². The van der Waals surface area contributed by atoms with Crippen molar-refractivity contribution in [3.05, 3.63) is 42.2 Å². The minimum Gasteiger partial charge on any atom is -0.324 e. The van der Waals surface area contributed by atoms with Gasteiger partial charge in [-0.3, -0.25) is 4.98 Å². The highest BCUT2D eigenvalue weighted by Crippen LogP contribution is 2.61. The van der Waals surface area contributed by atoms with Crippen molar-refractivity contribution in [1.29, 1.82) is 0 Å². The first kappa shape index (κ1) is 10.5. The largest absolute Gasteiger partial charge is 0.324 e. The molecule has 3 unspecified atom stereocenters. The summed E-state index contributed by atoms with van der Waals surface area (Å²) in [6, 6.07) is 8.74. The highest BCUT2D eigenvalue weighted by molar-refractivity contribution is 5.85. The molecule has 2 nitrogen and oxygen atoms in total. The quantitative estimate of drug-likeness (QED) is 0.872. The van der Waals surface area contributed by atoms with E-state index >= 15 is 0 Å². The molecule has 0 spiro atoms. The number of aromatic nitrogens is 1. The predicted molar refractivity (Wildman–Crippen MR) is 73.0 cm³/mol. The van der Waals surface area contributed by atoms with Crippen molar-refractivity contribution in [2.24, 2.45) is 23.5 Å². The first-order valence-electron chi connectivity index (χ1n) is 6.94. The highest BCUT2D eigenvalue weighted by Gasteiger charge is 2.55. The van der Waals surface area contributed by atoms with Gasteiger partial charge in [-0.1, -0.05) is 24.6 Å². The number of hydrogen-bond acceptors (Lipinski definition) is 2. The Morgan fingerprint density at radius 1 is 1.17 bits per heavy atom. The van der Waals surface area contributed by atoms with Crippen LogP contribution >= 0.6 is 0 Å². The molecule has 2 N–H and O–H groups in total. The monoisotopic (exact) mass is 238 g/mol. The fraction of sp³-hybridized carbons (Fsp3) is 0.438. The molecule has 2 saturated carbocycles. The van der Waals surface area contributed by atoms with Gasteiger partial charge < -0.3 is 5.73 Å². The number of rotatable bonds is 2. The molecule has 2 aromatic rings. The maximum Gasteiger partial charge on any atom is 0.0346 e. The number of pyridine rings is 1. The molecule has 0 bridgehead atoms. The molecule has 0 saturated heterocycles. The lowest BCUT2D eigenvalue weighted by Gasteiger charge is -2.16. The number of hydrogen-bond donors (Lipinski definition) is 1. The van der Waals surface area contributed by atoms with Crippen molar-refractivity contribution in [2.45, 2.75) is 25.3 Å². The molecule has 1 aromatic carbocycles. The average Bonchev–Trinajstić information content (AvgIpc) is 2.90. The molecule has 2 heteroatoms. The first-order valence-corrected chi connectivity index (χ1v) is 6.94. The summed E-state index contributed by atoms with van der Waals surface area (Å²) in [5, 5.41) is 2.49. The summed E-state index contributed by atoms with van der Waals surface area (Å²) in [7, 11) is 0. The Bertz CT molecular complexity index is 577. The molecule has 1 heterocycles. The predicted octanol–water partition coefficient (Wildman–Crippen LogP) is 3.28. The van der Waals surface area contributed by atoms with Gasteiger partial charge in [0.1, 0.15) is 0 Å². The molecular formula is C16H18N2. The maximum absolute atomic E-state index is 6.54. The van der Waals surface area contributed by atoms with Crippen LogP contribution in [-0.2, 0) is 0 Å². The number of benzene rings is 1. The molecule has 2 aliphatic rings. The lowest BCUT2D eigenvalue weighted by molar-refractivity contribution is 0.504. The van der Waals surface area contributed by atoms with Crippen molar-refractivity contribution in [3.63, 3.8) is 0 Å². The molecule has 4 rings (SSSR count). The third kappa shape index (κ3) is 1.42. The molecular weight excluding hydrogens is 220 g/mol. The van der Waals surface area contributed by atoms with Crippen LogP contribution in [0.2, 0.25) is 0 Å². The molecule has 18 heavy (non-hydrogen) atoms. The Morgan fingerprint density at radius 2 is 2.00 bits per heavy atom. The van der Waals surface area contributed by atoms with Crippen molar-refractivity contribution >= 4 is 10.8 Å². The van der Waals surface area contributed by atoms with E-state index in [2.05, 4.69) is 29.2 Å². The van der Waals surface area contributed by atoms with Crippen LogP contribution in [-0.4, -0.2) is 4.98 Å². The molecule has 2 aliphatic carbocycles. The van der Waals surface area contributed by atoms with E-state index in [9.17, 15) is 0 Å². The Balaban J connectivity index is 1.74. The van der Waals surface area contributed by atoms with Crippen LogP contribution in [0.15, 0.2) is 36.7 Å². The van der Waals surface area contributed by atoms with E-state index in [1.54, 1.807) is 0 Å². The third-order valence-electron chi connectivity index (χ3n) is 4.96. The van der Waals surface area contributed by atoms with E-state index < -0.39 is 0 Å². The summed E-state index contributed by atoms with van der Waals surface area (Å²) in [6.07, 6.45) is 8.01. The van der Waals surface area contributed by atoms with E-state index in [0.717, 1.165) is 17.8 Å². The first-order chi connectivity index (χ1) is 8.86. The van der Waals surface area contributed by atoms with E-state index in [1.165, 1.54) is 35.6 Å². The minimum atomic E-state index is 0.214. The van der Waals surface area contributed by atoms with Crippen molar-refractivity contribution in [3.8, 4) is 0 Å². The van der Waals surface area contributed by atoms with Gasteiger partial charge in [0.2, 0.25) is 0 Å². The van der Waals surface area contributed by atoms with Gasteiger partial charge in [-0.05, 0) is 47.6 Å². The second-order valence-corrected chi connectivity index (χ2v) is 5.81. The summed E-state index contributed by atoms with van der Waals surface area (Å²) in [5.74, 6) is 2.56. The Hall–Kier alpha value is -1.41. The Labute approximate surface area is 107 Å². The second-order valence-electron chi connectivity index (χ2n) is 5.81. The second kappa shape index (κ2) is 3.79. The van der Waals surface area contributed by atoms with Gasteiger partial charge in [0, 0.05) is 23.8 Å². The van der Waals surface area contributed by atoms with E-state index in [-0.39, 0.29) is 6.04 Å². The SMILES string of the molecule is NC(c1cccc2cnccc12)C1C2CCCC21. The van der Waals surface area contributed by atoms with Crippen molar-refractivity contribution < 1.29 is 0 Å². The van der Waals surface area contributed by atoms with Crippen LogP contribution in [0.1, 0.15) is 30.9 Å². The topological polar surface area (TPSA) is 38.9 Å². The van der Waals surface area contributed by atoms with Gasteiger partial charge in [0.15, 0.2) is 0 Å². The smallest absolute Gasteiger partial charge is 0.0346 e.